The number of carbonyl (C=O) groups is 2. The molecule has 8 heteroatoms. The Morgan fingerprint density at radius 3 is 2.43 bits per heavy atom. The molecule has 0 saturated heterocycles. The number of H-pyrrole nitrogens is 1. The molecule has 0 radical (unpaired) electrons. The van der Waals surface area contributed by atoms with Crippen LogP contribution in [0.15, 0.2) is 21.7 Å². The number of hydrogen-bond acceptors (Lipinski definition) is 4. The number of aromatic nitrogens is 2. The molecule has 0 bridgehead atoms. The molecule has 1 aromatic rings. The Hall–Kier alpha value is -2.38. The molecular formula is C13H19N3O5. The number of nitrogens with one attached hydrogen (secondary N) is 1. The Morgan fingerprint density at radius 2 is 1.90 bits per heavy atom. The van der Waals surface area contributed by atoms with Crippen molar-refractivity contribution >= 4 is 11.9 Å². The van der Waals surface area contributed by atoms with Crippen LogP contribution in [0.4, 0.5) is 0 Å². The van der Waals surface area contributed by atoms with E-state index < -0.39 is 28.5 Å². The number of aromatic amines is 1. The summed E-state index contributed by atoms with van der Waals surface area (Å²) in [6.07, 6.45) is -0.191. The van der Waals surface area contributed by atoms with E-state index in [9.17, 15) is 19.2 Å². The van der Waals surface area contributed by atoms with Gasteiger partial charge in [0.25, 0.3) is 11.1 Å². The van der Waals surface area contributed by atoms with Gasteiger partial charge in [0.15, 0.2) is 0 Å². The van der Waals surface area contributed by atoms with Crippen LogP contribution in [0.5, 0.6) is 0 Å². The summed E-state index contributed by atoms with van der Waals surface area (Å²) in [5.74, 6) is -1.45. The smallest absolute Gasteiger partial charge is 0.305 e. The van der Waals surface area contributed by atoms with Crippen LogP contribution in [-0.2, 0) is 16.1 Å². The Labute approximate surface area is 121 Å². The van der Waals surface area contributed by atoms with E-state index >= 15 is 0 Å². The third-order valence-corrected chi connectivity index (χ3v) is 2.84. The molecule has 0 spiro atoms. The molecule has 0 aromatic carbocycles. The SMILES string of the molecule is CC(C)(C)N(CCC(=O)O)C(=O)Cn1[nH]c(=O)ccc1=O. The average Bonchev–Trinajstić information content (AvgIpc) is 2.32. The topological polar surface area (TPSA) is 112 Å². The number of hydrogen-bond donors (Lipinski definition) is 2. The molecule has 0 aliphatic heterocycles. The largest absolute Gasteiger partial charge is 0.481 e. The maximum absolute atomic E-state index is 12.3. The van der Waals surface area contributed by atoms with Gasteiger partial charge in [0, 0.05) is 24.2 Å². The predicted octanol–water partition coefficient (Wildman–Crippen LogP) is -0.362. The number of rotatable bonds is 5. The Morgan fingerprint density at radius 1 is 1.29 bits per heavy atom. The van der Waals surface area contributed by atoms with E-state index in [-0.39, 0.29) is 19.5 Å². The van der Waals surface area contributed by atoms with Gasteiger partial charge in [-0.05, 0) is 20.8 Å². The minimum atomic E-state index is -1.01. The standard InChI is InChI=1S/C13H19N3O5/c1-13(2,3)15(7-6-12(20)21)11(19)8-16-10(18)5-4-9(17)14-16/h4-5H,6-8H2,1-3H3,(H,14,17)(H,20,21). The molecule has 1 aromatic heterocycles. The molecule has 116 valence electrons. The molecular weight excluding hydrogens is 278 g/mol. The van der Waals surface area contributed by atoms with Gasteiger partial charge in [0.1, 0.15) is 6.54 Å². The van der Waals surface area contributed by atoms with Crippen LogP contribution in [0.1, 0.15) is 27.2 Å². The number of carbonyl (C=O) groups excluding carboxylic acids is 1. The quantitative estimate of drug-likeness (QED) is 0.770. The molecule has 0 atom stereocenters. The lowest BCUT2D eigenvalue weighted by Gasteiger charge is -2.35. The number of nitrogens with zero attached hydrogens (tertiary/aromatic N) is 2. The number of carboxylic acids is 1. The van der Waals surface area contributed by atoms with Crippen LogP contribution in [0, 0.1) is 0 Å². The van der Waals surface area contributed by atoms with E-state index in [0.717, 1.165) is 16.8 Å². The maximum atomic E-state index is 12.3. The average molecular weight is 297 g/mol. The summed E-state index contributed by atoms with van der Waals surface area (Å²) >= 11 is 0. The zero-order valence-electron chi connectivity index (χ0n) is 12.3. The first-order chi connectivity index (χ1) is 9.61. The molecule has 1 amide bonds. The minimum absolute atomic E-state index is 0.0312. The van der Waals surface area contributed by atoms with E-state index in [1.807, 2.05) is 0 Å². The second kappa shape index (κ2) is 6.38. The fourth-order valence-corrected chi connectivity index (χ4v) is 1.84. The molecule has 21 heavy (non-hydrogen) atoms. The number of aliphatic carboxylic acids is 1. The second-order valence-electron chi connectivity index (χ2n) is 5.59. The van der Waals surface area contributed by atoms with Crippen molar-refractivity contribution in [1.82, 2.24) is 14.7 Å². The van der Waals surface area contributed by atoms with Gasteiger partial charge >= 0.3 is 5.97 Å². The highest BCUT2D eigenvalue weighted by Gasteiger charge is 2.27. The van der Waals surface area contributed by atoms with Crippen molar-refractivity contribution in [1.29, 1.82) is 0 Å². The lowest BCUT2D eigenvalue weighted by atomic mass is 10.1. The molecule has 0 aliphatic carbocycles. The Balaban J connectivity index is 2.95. The van der Waals surface area contributed by atoms with Gasteiger partial charge in [-0.15, -0.1) is 0 Å². The lowest BCUT2D eigenvalue weighted by Crippen LogP contribution is -2.49. The summed E-state index contributed by atoms with van der Waals surface area (Å²) < 4.78 is 0.907. The minimum Gasteiger partial charge on any atom is -0.481 e. The zero-order valence-corrected chi connectivity index (χ0v) is 12.3. The molecule has 1 rings (SSSR count). The Bertz CT molecular complexity index is 638. The van der Waals surface area contributed by atoms with Crippen molar-refractivity contribution < 1.29 is 14.7 Å². The number of carboxylic acid groups (broad SMARTS) is 1. The van der Waals surface area contributed by atoms with Gasteiger partial charge in [0.05, 0.1) is 6.42 Å². The maximum Gasteiger partial charge on any atom is 0.305 e. The molecule has 0 unspecified atom stereocenters. The van der Waals surface area contributed by atoms with Crippen molar-refractivity contribution in [2.45, 2.75) is 39.3 Å². The molecule has 8 nitrogen and oxygen atoms in total. The van der Waals surface area contributed by atoms with Crippen LogP contribution >= 0.6 is 0 Å². The van der Waals surface area contributed by atoms with E-state index in [1.54, 1.807) is 20.8 Å². The zero-order chi connectivity index (χ0) is 16.2. The van der Waals surface area contributed by atoms with Crippen molar-refractivity contribution in [2.24, 2.45) is 0 Å². The summed E-state index contributed by atoms with van der Waals surface area (Å²) in [7, 11) is 0. The van der Waals surface area contributed by atoms with Gasteiger partial charge in [-0.25, -0.2) is 4.68 Å². The normalized spacial score (nSPS) is 11.2. The monoisotopic (exact) mass is 297 g/mol. The fraction of sp³-hybridized carbons (Fsp3) is 0.538. The van der Waals surface area contributed by atoms with E-state index in [1.165, 1.54) is 4.90 Å². The van der Waals surface area contributed by atoms with Crippen LogP contribution in [-0.4, -0.2) is 43.7 Å². The first kappa shape index (κ1) is 16.7. The summed E-state index contributed by atoms with van der Waals surface area (Å²) in [5, 5.41) is 11.0. The highest BCUT2D eigenvalue weighted by molar-refractivity contribution is 5.77. The van der Waals surface area contributed by atoms with E-state index in [2.05, 4.69) is 5.10 Å². The molecule has 0 saturated carbocycles. The Kier molecular flexibility index (Phi) is 5.07. The molecule has 1 heterocycles. The van der Waals surface area contributed by atoms with Crippen LogP contribution in [0.25, 0.3) is 0 Å². The summed E-state index contributed by atoms with van der Waals surface area (Å²) in [5.41, 5.74) is -1.59. The third-order valence-electron chi connectivity index (χ3n) is 2.84. The van der Waals surface area contributed by atoms with Crippen LogP contribution in [0.2, 0.25) is 0 Å². The van der Waals surface area contributed by atoms with Gasteiger partial charge in [0.2, 0.25) is 5.91 Å². The van der Waals surface area contributed by atoms with E-state index in [0.29, 0.717) is 0 Å². The van der Waals surface area contributed by atoms with Gasteiger partial charge in [-0.1, -0.05) is 0 Å². The third kappa shape index (κ3) is 4.90. The number of amides is 1. The fourth-order valence-electron chi connectivity index (χ4n) is 1.84. The van der Waals surface area contributed by atoms with Gasteiger partial charge in [-0.2, -0.15) is 0 Å². The lowest BCUT2D eigenvalue weighted by molar-refractivity contribution is -0.141. The van der Waals surface area contributed by atoms with Gasteiger partial charge < -0.3 is 10.0 Å². The van der Waals surface area contributed by atoms with Crippen LogP contribution in [0.3, 0.4) is 0 Å². The van der Waals surface area contributed by atoms with Crippen molar-refractivity contribution in [3.05, 3.63) is 32.8 Å². The van der Waals surface area contributed by atoms with Gasteiger partial charge in [-0.3, -0.25) is 24.3 Å². The molecule has 0 fully saturated rings. The second-order valence-corrected chi connectivity index (χ2v) is 5.59. The van der Waals surface area contributed by atoms with E-state index in [4.69, 9.17) is 5.11 Å². The molecule has 0 aliphatic rings. The summed E-state index contributed by atoms with van der Waals surface area (Å²) in [4.78, 5) is 47.1. The van der Waals surface area contributed by atoms with Crippen molar-refractivity contribution in [2.75, 3.05) is 6.54 Å². The highest BCUT2D eigenvalue weighted by atomic mass is 16.4. The predicted molar refractivity (Wildman–Crippen MR) is 75.0 cm³/mol. The molecule has 2 N–H and O–H groups in total. The van der Waals surface area contributed by atoms with Crippen LogP contribution < -0.4 is 11.1 Å². The van der Waals surface area contributed by atoms with Crippen molar-refractivity contribution in [3.63, 3.8) is 0 Å². The highest BCUT2D eigenvalue weighted by Crippen LogP contribution is 2.14. The summed E-state index contributed by atoms with van der Waals surface area (Å²) in [6.45, 7) is 4.99. The first-order valence-corrected chi connectivity index (χ1v) is 6.43. The summed E-state index contributed by atoms with van der Waals surface area (Å²) in [6, 6.07) is 2.15. The van der Waals surface area contributed by atoms with Crippen molar-refractivity contribution in [3.8, 4) is 0 Å². The first-order valence-electron chi connectivity index (χ1n) is 6.43.